The van der Waals surface area contributed by atoms with Crippen molar-refractivity contribution in [1.29, 1.82) is 0 Å². The molecule has 21 heavy (non-hydrogen) atoms. The van der Waals surface area contributed by atoms with E-state index in [-0.39, 0.29) is 17.0 Å². The molecular weight excluding hydrogens is 290 g/mol. The number of ether oxygens (including phenoxy) is 1. The number of nitrogens with zero attached hydrogens (tertiary/aromatic N) is 2. The third kappa shape index (κ3) is 2.88. The van der Waals surface area contributed by atoms with Gasteiger partial charge in [-0.2, -0.15) is 13.2 Å². The SMILES string of the molecule is CNc1ncnc(-c2ccc(C(F)(F)F)c(F)c2)c1OC. The first-order valence-electron chi connectivity index (χ1n) is 5.82. The molecule has 1 aromatic heterocycles. The van der Waals surface area contributed by atoms with Gasteiger partial charge < -0.3 is 10.1 Å². The Bertz CT molecular complexity index is 658. The number of methoxy groups -OCH3 is 1. The van der Waals surface area contributed by atoms with E-state index in [0.29, 0.717) is 11.9 Å². The lowest BCUT2D eigenvalue weighted by molar-refractivity contribution is -0.139. The number of hydrogen-bond acceptors (Lipinski definition) is 4. The van der Waals surface area contributed by atoms with Gasteiger partial charge in [0.15, 0.2) is 11.6 Å². The van der Waals surface area contributed by atoms with Gasteiger partial charge in [-0.05, 0) is 12.1 Å². The summed E-state index contributed by atoms with van der Waals surface area (Å²) in [6, 6.07) is 2.58. The molecule has 1 aromatic carbocycles. The molecule has 0 spiro atoms. The normalized spacial score (nSPS) is 11.3. The number of aromatic nitrogens is 2. The largest absolute Gasteiger partial charge is 0.491 e. The quantitative estimate of drug-likeness (QED) is 0.883. The van der Waals surface area contributed by atoms with E-state index in [1.165, 1.54) is 13.4 Å². The van der Waals surface area contributed by atoms with Crippen LogP contribution in [0.2, 0.25) is 0 Å². The van der Waals surface area contributed by atoms with Crippen LogP contribution in [0.25, 0.3) is 11.3 Å². The Balaban J connectivity index is 2.56. The van der Waals surface area contributed by atoms with Crippen LogP contribution in [-0.2, 0) is 6.18 Å². The molecule has 0 aliphatic carbocycles. The van der Waals surface area contributed by atoms with Gasteiger partial charge >= 0.3 is 6.18 Å². The third-order valence-electron chi connectivity index (χ3n) is 2.79. The summed E-state index contributed by atoms with van der Waals surface area (Å²) in [7, 11) is 2.96. The summed E-state index contributed by atoms with van der Waals surface area (Å²) in [5, 5.41) is 2.76. The van der Waals surface area contributed by atoms with Gasteiger partial charge in [0.1, 0.15) is 17.8 Å². The molecule has 112 valence electrons. The third-order valence-corrected chi connectivity index (χ3v) is 2.79. The Morgan fingerprint density at radius 2 is 1.90 bits per heavy atom. The van der Waals surface area contributed by atoms with Crippen LogP contribution in [0.5, 0.6) is 5.75 Å². The van der Waals surface area contributed by atoms with E-state index in [1.807, 2.05) is 0 Å². The summed E-state index contributed by atoms with van der Waals surface area (Å²) in [5.41, 5.74) is -0.964. The van der Waals surface area contributed by atoms with Crippen molar-refractivity contribution in [3.63, 3.8) is 0 Å². The number of alkyl halides is 3. The monoisotopic (exact) mass is 301 g/mol. The van der Waals surface area contributed by atoms with E-state index in [4.69, 9.17) is 4.74 Å². The number of hydrogen-bond donors (Lipinski definition) is 1. The van der Waals surface area contributed by atoms with Crippen molar-refractivity contribution in [2.45, 2.75) is 6.18 Å². The summed E-state index contributed by atoms with van der Waals surface area (Å²) < 4.78 is 56.4. The highest BCUT2D eigenvalue weighted by molar-refractivity contribution is 5.72. The van der Waals surface area contributed by atoms with E-state index in [2.05, 4.69) is 15.3 Å². The van der Waals surface area contributed by atoms with Crippen LogP contribution in [-0.4, -0.2) is 24.1 Å². The number of benzene rings is 1. The van der Waals surface area contributed by atoms with Gasteiger partial charge in [-0.25, -0.2) is 14.4 Å². The van der Waals surface area contributed by atoms with Gasteiger partial charge in [0, 0.05) is 12.6 Å². The van der Waals surface area contributed by atoms with Gasteiger partial charge in [-0.15, -0.1) is 0 Å². The maximum atomic E-state index is 13.6. The molecule has 0 atom stereocenters. The van der Waals surface area contributed by atoms with Crippen molar-refractivity contribution < 1.29 is 22.3 Å². The predicted octanol–water partition coefficient (Wildman–Crippen LogP) is 3.35. The maximum Gasteiger partial charge on any atom is 0.419 e. The van der Waals surface area contributed by atoms with Gasteiger partial charge in [0.2, 0.25) is 0 Å². The molecule has 1 N–H and O–H groups in total. The highest BCUT2D eigenvalue weighted by atomic mass is 19.4. The lowest BCUT2D eigenvalue weighted by Crippen LogP contribution is -2.08. The minimum Gasteiger partial charge on any atom is -0.491 e. The van der Waals surface area contributed by atoms with Crippen LogP contribution < -0.4 is 10.1 Å². The molecule has 0 aliphatic rings. The number of anilines is 1. The number of rotatable bonds is 3. The molecular formula is C13H11F4N3O. The predicted molar refractivity (Wildman–Crippen MR) is 68.5 cm³/mol. The Morgan fingerprint density at radius 1 is 1.19 bits per heavy atom. The first-order chi connectivity index (χ1) is 9.88. The summed E-state index contributed by atoms with van der Waals surface area (Å²) in [4.78, 5) is 7.85. The molecule has 0 fully saturated rings. The standard InChI is InChI=1S/C13H11F4N3O/c1-18-12-11(21-2)10(19-6-20-12)7-3-4-8(9(14)5-7)13(15,16)17/h3-6H,1-2H3,(H,18,19,20). The summed E-state index contributed by atoms with van der Waals surface area (Å²) >= 11 is 0. The lowest BCUT2D eigenvalue weighted by Gasteiger charge is -2.13. The Morgan fingerprint density at radius 3 is 2.43 bits per heavy atom. The molecule has 0 unspecified atom stereocenters. The van der Waals surface area contributed by atoms with E-state index in [1.54, 1.807) is 7.05 Å². The average molecular weight is 301 g/mol. The van der Waals surface area contributed by atoms with Crippen molar-refractivity contribution in [3.05, 3.63) is 35.9 Å². The summed E-state index contributed by atoms with van der Waals surface area (Å²) in [6.45, 7) is 0. The first-order valence-corrected chi connectivity index (χ1v) is 5.82. The Hall–Kier alpha value is -2.38. The fourth-order valence-corrected chi connectivity index (χ4v) is 1.84. The van der Waals surface area contributed by atoms with Gasteiger partial charge in [-0.3, -0.25) is 0 Å². The zero-order valence-electron chi connectivity index (χ0n) is 11.1. The minimum atomic E-state index is -4.74. The zero-order valence-corrected chi connectivity index (χ0v) is 11.1. The van der Waals surface area contributed by atoms with Crippen LogP contribution in [0, 0.1) is 5.82 Å². The molecule has 1 heterocycles. The van der Waals surface area contributed by atoms with Gasteiger partial charge in [-0.1, -0.05) is 6.07 Å². The molecule has 0 aliphatic heterocycles. The van der Waals surface area contributed by atoms with Crippen LogP contribution >= 0.6 is 0 Å². The van der Waals surface area contributed by atoms with Crippen molar-refractivity contribution in [2.24, 2.45) is 0 Å². The minimum absolute atomic E-state index is 0.163. The molecule has 2 rings (SSSR count). The molecule has 0 saturated heterocycles. The second-order valence-electron chi connectivity index (χ2n) is 4.05. The molecule has 0 saturated carbocycles. The van der Waals surface area contributed by atoms with Gasteiger partial charge in [0.05, 0.1) is 12.7 Å². The van der Waals surface area contributed by atoms with Crippen LogP contribution in [0.1, 0.15) is 5.56 Å². The van der Waals surface area contributed by atoms with E-state index in [9.17, 15) is 17.6 Å². The highest BCUT2D eigenvalue weighted by Gasteiger charge is 2.34. The molecule has 8 heteroatoms. The zero-order chi connectivity index (χ0) is 15.6. The second kappa shape index (κ2) is 5.55. The topological polar surface area (TPSA) is 47.0 Å². The van der Waals surface area contributed by atoms with Gasteiger partial charge in [0.25, 0.3) is 0 Å². The van der Waals surface area contributed by atoms with E-state index >= 15 is 0 Å². The number of halogens is 4. The first kappa shape index (κ1) is 15.0. The Labute approximate surface area is 117 Å². The summed E-state index contributed by atoms with van der Waals surface area (Å²) in [6.07, 6.45) is -3.53. The maximum absolute atomic E-state index is 13.6. The fourth-order valence-electron chi connectivity index (χ4n) is 1.84. The average Bonchev–Trinajstić information content (AvgIpc) is 2.44. The molecule has 0 bridgehead atoms. The molecule has 4 nitrogen and oxygen atoms in total. The molecule has 0 amide bonds. The van der Waals surface area contributed by atoms with E-state index in [0.717, 1.165) is 12.1 Å². The molecule has 0 radical (unpaired) electrons. The smallest absolute Gasteiger partial charge is 0.419 e. The van der Waals surface area contributed by atoms with Crippen LogP contribution in [0.3, 0.4) is 0 Å². The number of nitrogens with one attached hydrogen (secondary N) is 1. The summed E-state index contributed by atoms with van der Waals surface area (Å²) in [5.74, 6) is -0.798. The van der Waals surface area contributed by atoms with E-state index < -0.39 is 17.6 Å². The second-order valence-corrected chi connectivity index (χ2v) is 4.05. The lowest BCUT2D eigenvalue weighted by atomic mass is 10.1. The van der Waals surface area contributed by atoms with Crippen molar-refractivity contribution in [2.75, 3.05) is 19.5 Å². The molecule has 2 aromatic rings. The Kier molecular flexibility index (Phi) is 3.97. The fraction of sp³-hybridized carbons (Fsp3) is 0.231. The highest BCUT2D eigenvalue weighted by Crippen LogP contribution is 2.36. The van der Waals surface area contributed by atoms with Crippen molar-refractivity contribution in [3.8, 4) is 17.0 Å². The van der Waals surface area contributed by atoms with Crippen molar-refractivity contribution >= 4 is 5.82 Å². The van der Waals surface area contributed by atoms with Crippen molar-refractivity contribution in [1.82, 2.24) is 9.97 Å². The van der Waals surface area contributed by atoms with Crippen LogP contribution in [0.15, 0.2) is 24.5 Å². The van der Waals surface area contributed by atoms with Crippen LogP contribution in [0.4, 0.5) is 23.4 Å².